The summed E-state index contributed by atoms with van der Waals surface area (Å²) in [5, 5.41) is 23.0. The van der Waals surface area contributed by atoms with E-state index in [1.54, 1.807) is 55.5 Å². The number of fused-ring (bicyclic) bond motifs is 1. The van der Waals surface area contributed by atoms with E-state index in [1.807, 2.05) is 19.1 Å². The molecular formula is C25H21N3O5S. The molecule has 172 valence electrons. The number of nitrogens with zero attached hydrogens (tertiary/aromatic N) is 2. The van der Waals surface area contributed by atoms with Crippen molar-refractivity contribution in [1.29, 1.82) is 0 Å². The lowest BCUT2D eigenvalue weighted by Crippen LogP contribution is -2.13. The number of phenols is 1. The monoisotopic (exact) mass is 475 g/mol. The first-order valence-corrected chi connectivity index (χ1v) is 11.7. The van der Waals surface area contributed by atoms with Crippen molar-refractivity contribution < 1.29 is 22.9 Å². The van der Waals surface area contributed by atoms with Crippen LogP contribution in [0.4, 0.5) is 17.1 Å². The molecule has 0 aliphatic rings. The Morgan fingerprint density at radius 1 is 0.912 bits per heavy atom. The van der Waals surface area contributed by atoms with Crippen molar-refractivity contribution in [3.05, 3.63) is 89.5 Å². The van der Waals surface area contributed by atoms with E-state index in [2.05, 4.69) is 15.5 Å². The standard InChI is InChI=1S/C25H21N3O5S/c1-15-11-12-21(22(13-15)34(31,32)33)27-28-23-18-9-5-4-8-17(18)14-19(24(23)29)25(30)26-20-10-6-3-7-16(20)2/h3-14,29H,1-2H3,(H,26,30)(H,31,32,33)/b28-27+. The minimum atomic E-state index is -4.55. The molecule has 0 fully saturated rings. The Morgan fingerprint density at radius 2 is 1.62 bits per heavy atom. The molecule has 0 aliphatic heterocycles. The first-order valence-electron chi connectivity index (χ1n) is 10.3. The second kappa shape index (κ2) is 9.05. The molecule has 0 spiro atoms. The molecule has 0 saturated carbocycles. The highest BCUT2D eigenvalue weighted by molar-refractivity contribution is 7.86. The van der Waals surface area contributed by atoms with Crippen LogP contribution in [0.3, 0.4) is 0 Å². The first kappa shape index (κ1) is 23.1. The molecule has 0 saturated heterocycles. The predicted molar refractivity (Wildman–Crippen MR) is 130 cm³/mol. The van der Waals surface area contributed by atoms with Crippen molar-refractivity contribution in [3.63, 3.8) is 0 Å². The number of hydrogen-bond acceptors (Lipinski definition) is 6. The topological polar surface area (TPSA) is 128 Å². The Hall–Kier alpha value is -4.08. The lowest BCUT2D eigenvalue weighted by atomic mass is 10.0. The number of benzene rings is 4. The van der Waals surface area contributed by atoms with Gasteiger partial charge in [-0.15, -0.1) is 10.2 Å². The fourth-order valence-corrected chi connectivity index (χ4v) is 4.22. The van der Waals surface area contributed by atoms with Crippen molar-refractivity contribution in [2.75, 3.05) is 5.32 Å². The number of aromatic hydroxyl groups is 1. The molecule has 0 aromatic heterocycles. The molecular weight excluding hydrogens is 454 g/mol. The van der Waals surface area contributed by atoms with Gasteiger partial charge in [-0.3, -0.25) is 9.35 Å². The molecule has 0 radical (unpaired) electrons. The van der Waals surface area contributed by atoms with Gasteiger partial charge in [0, 0.05) is 11.1 Å². The Bertz CT molecular complexity index is 1560. The highest BCUT2D eigenvalue weighted by atomic mass is 32.2. The summed E-state index contributed by atoms with van der Waals surface area (Å²) in [5.74, 6) is -0.947. The highest BCUT2D eigenvalue weighted by Gasteiger charge is 2.20. The number of azo groups is 1. The van der Waals surface area contributed by atoms with Crippen LogP contribution in [0.15, 0.2) is 87.9 Å². The van der Waals surface area contributed by atoms with Crippen molar-refractivity contribution in [3.8, 4) is 5.75 Å². The summed E-state index contributed by atoms with van der Waals surface area (Å²) < 4.78 is 33.2. The molecule has 0 atom stereocenters. The largest absolute Gasteiger partial charge is 0.505 e. The third-order valence-electron chi connectivity index (χ3n) is 5.28. The number of amides is 1. The molecule has 3 N–H and O–H groups in total. The van der Waals surface area contributed by atoms with E-state index in [-0.39, 0.29) is 16.9 Å². The van der Waals surface area contributed by atoms with Gasteiger partial charge < -0.3 is 10.4 Å². The number of aryl methyl sites for hydroxylation is 2. The number of carbonyl (C=O) groups excluding carboxylic acids is 1. The number of phenolic OH excluding ortho intramolecular Hbond substituents is 1. The average molecular weight is 476 g/mol. The van der Waals surface area contributed by atoms with Gasteiger partial charge in [-0.2, -0.15) is 8.42 Å². The van der Waals surface area contributed by atoms with Crippen LogP contribution in [0.1, 0.15) is 21.5 Å². The lowest BCUT2D eigenvalue weighted by Gasteiger charge is -2.12. The third kappa shape index (κ3) is 4.66. The molecule has 8 nitrogen and oxygen atoms in total. The number of nitrogens with one attached hydrogen (secondary N) is 1. The Kier molecular flexibility index (Phi) is 6.14. The fourth-order valence-electron chi connectivity index (χ4n) is 3.51. The summed E-state index contributed by atoms with van der Waals surface area (Å²) in [5.41, 5.74) is 1.93. The first-order chi connectivity index (χ1) is 16.1. The minimum absolute atomic E-state index is 0.00473. The van der Waals surface area contributed by atoms with Crippen LogP contribution in [0.5, 0.6) is 5.75 Å². The van der Waals surface area contributed by atoms with E-state index in [4.69, 9.17) is 0 Å². The van der Waals surface area contributed by atoms with Crippen LogP contribution in [-0.2, 0) is 10.1 Å². The minimum Gasteiger partial charge on any atom is -0.505 e. The van der Waals surface area contributed by atoms with Crippen LogP contribution in [0.25, 0.3) is 10.8 Å². The summed E-state index contributed by atoms with van der Waals surface area (Å²) in [4.78, 5) is 12.6. The van der Waals surface area contributed by atoms with Gasteiger partial charge in [-0.05, 0) is 54.6 Å². The molecule has 4 aromatic rings. The molecule has 34 heavy (non-hydrogen) atoms. The van der Waals surface area contributed by atoms with Crippen molar-refractivity contribution >= 4 is 43.9 Å². The quantitative estimate of drug-likeness (QED) is 0.238. The predicted octanol–water partition coefficient (Wildman–Crippen LogP) is 6.08. The van der Waals surface area contributed by atoms with Crippen LogP contribution in [0.2, 0.25) is 0 Å². The normalized spacial score (nSPS) is 11.7. The summed E-state index contributed by atoms with van der Waals surface area (Å²) >= 11 is 0. The zero-order chi connectivity index (χ0) is 24.5. The Labute approximate surface area is 196 Å². The smallest absolute Gasteiger partial charge is 0.296 e. The molecule has 0 aliphatic carbocycles. The van der Waals surface area contributed by atoms with E-state index in [9.17, 15) is 22.9 Å². The summed E-state index contributed by atoms with van der Waals surface area (Å²) in [6, 6.07) is 20.1. The van der Waals surface area contributed by atoms with Gasteiger partial charge in [0.2, 0.25) is 0 Å². The number of carbonyl (C=O) groups is 1. The summed E-state index contributed by atoms with van der Waals surface area (Å²) in [6.45, 7) is 3.52. The van der Waals surface area contributed by atoms with Gasteiger partial charge in [-0.25, -0.2) is 0 Å². The number of rotatable bonds is 5. The number of para-hydroxylation sites is 1. The molecule has 1 amide bonds. The lowest BCUT2D eigenvalue weighted by molar-refractivity contribution is 0.102. The van der Waals surface area contributed by atoms with Gasteiger partial charge in [0.1, 0.15) is 16.3 Å². The highest BCUT2D eigenvalue weighted by Crippen LogP contribution is 2.40. The molecule has 0 unspecified atom stereocenters. The van der Waals surface area contributed by atoms with Crippen molar-refractivity contribution in [2.45, 2.75) is 18.7 Å². The third-order valence-corrected chi connectivity index (χ3v) is 6.17. The van der Waals surface area contributed by atoms with Crippen LogP contribution < -0.4 is 5.32 Å². The maximum Gasteiger partial charge on any atom is 0.296 e. The van der Waals surface area contributed by atoms with Gasteiger partial charge in [0.15, 0.2) is 5.75 Å². The molecule has 0 bridgehead atoms. The summed E-state index contributed by atoms with van der Waals surface area (Å²) in [6.07, 6.45) is 0. The zero-order valence-corrected chi connectivity index (χ0v) is 19.2. The van der Waals surface area contributed by atoms with Crippen LogP contribution in [0, 0.1) is 13.8 Å². The average Bonchev–Trinajstić information content (AvgIpc) is 2.79. The Morgan fingerprint density at radius 3 is 2.35 bits per heavy atom. The van der Waals surface area contributed by atoms with E-state index in [0.29, 0.717) is 22.0 Å². The maximum atomic E-state index is 13.0. The zero-order valence-electron chi connectivity index (χ0n) is 18.4. The number of anilines is 1. The molecule has 4 aromatic carbocycles. The number of hydrogen-bond donors (Lipinski definition) is 3. The van der Waals surface area contributed by atoms with E-state index >= 15 is 0 Å². The SMILES string of the molecule is Cc1ccc(/N=N/c2c(O)c(C(=O)Nc3ccccc3C)cc3ccccc23)c(S(=O)(=O)O)c1. The second-order valence-corrected chi connectivity index (χ2v) is 9.15. The van der Waals surface area contributed by atoms with Gasteiger partial charge in [0.05, 0.1) is 5.56 Å². The Balaban J connectivity index is 1.83. The van der Waals surface area contributed by atoms with E-state index in [0.717, 1.165) is 5.56 Å². The van der Waals surface area contributed by atoms with E-state index < -0.39 is 26.7 Å². The van der Waals surface area contributed by atoms with Gasteiger partial charge >= 0.3 is 0 Å². The second-order valence-electron chi connectivity index (χ2n) is 7.76. The van der Waals surface area contributed by atoms with Gasteiger partial charge in [0.25, 0.3) is 16.0 Å². The van der Waals surface area contributed by atoms with Crippen LogP contribution in [-0.4, -0.2) is 24.0 Å². The van der Waals surface area contributed by atoms with Crippen molar-refractivity contribution in [2.24, 2.45) is 10.2 Å². The maximum absolute atomic E-state index is 13.0. The summed E-state index contributed by atoms with van der Waals surface area (Å²) in [7, 11) is -4.55. The molecule has 4 rings (SSSR count). The molecule has 9 heteroatoms. The van der Waals surface area contributed by atoms with Crippen LogP contribution >= 0.6 is 0 Å². The fraction of sp³-hybridized carbons (Fsp3) is 0.0800. The van der Waals surface area contributed by atoms with Crippen molar-refractivity contribution in [1.82, 2.24) is 0 Å². The van der Waals surface area contributed by atoms with Gasteiger partial charge in [-0.1, -0.05) is 48.5 Å². The molecule has 0 heterocycles. The van der Waals surface area contributed by atoms with E-state index in [1.165, 1.54) is 12.1 Å².